The quantitative estimate of drug-likeness (QED) is 0.779. The number of hydrogen-bond acceptors (Lipinski definition) is 3. The van der Waals surface area contributed by atoms with Gasteiger partial charge in [0.1, 0.15) is 0 Å². The zero-order valence-electron chi connectivity index (χ0n) is 12.4. The van der Waals surface area contributed by atoms with Gasteiger partial charge < -0.3 is 21.1 Å². The van der Waals surface area contributed by atoms with E-state index in [-0.39, 0.29) is 18.7 Å². The lowest BCUT2D eigenvalue weighted by atomic mass is 9.94. The van der Waals surface area contributed by atoms with E-state index in [1.54, 1.807) is 4.90 Å². The summed E-state index contributed by atoms with van der Waals surface area (Å²) in [5, 5.41) is 12.1. The SMILES string of the molecule is NCc1cccc(NC(=O)N(CCO)C2CCCCC2)c1. The maximum Gasteiger partial charge on any atom is 0.322 e. The number of aliphatic hydroxyl groups excluding tert-OH is 1. The molecule has 1 saturated carbocycles. The summed E-state index contributed by atoms with van der Waals surface area (Å²) in [5.74, 6) is 0. The monoisotopic (exact) mass is 291 g/mol. The standard InChI is InChI=1S/C16H25N3O2/c17-12-13-5-4-6-14(11-13)18-16(21)19(9-10-20)15-7-2-1-3-8-15/h4-6,11,15,20H,1-3,7-10,12,17H2,(H,18,21). The minimum Gasteiger partial charge on any atom is -0.395 e. The van der Waals surface area contributed by atoms with Gasteiger partial charge in [-0.25, -0.2) is 4.79 Å². The van der Waals surface area contributed by atoms with Crippen LogP contribution in [0.5, 0.6) is 0 Å². The van der Waals surface area contributed by atoms with Crippen LogP contribution < -0.4 is 11.1 Å². The van der Waals surface area contributed by atoms with Crippen LogP contribution in [0.25, 0.3) is 0 Å². The first kappa shape index (κ1) is 15.8. The summed E-state index contributed by atoms with van der Waals surface area (Å²) in [5.41, 5.74) is 7.35. The largest absolute Gasteiger partial charge is 0.395 e. The van der Waals surface area contributed by atoms with Crippen molar-refractivity contribution in [2.75, 3.05) is 18.5 Å². The summed E-state index contributed by atoms with van der Waals surface area (Å²) >= 11 is 0. The van der Waals surface area contributed by atoms with Gasteiger partial charge in [-0.1, -0.05) is 31.4 Å². The van der Waals surface area contributed by atoms with E-state index in [9.17, 15) is 9.90 Å². The molecule has 116 valence electrons. The number of rotatable bonds is 5. The van der Waals surface area contributed by atoms with Crippen LogP contribution in [0.15, 0.2) is 24.3 Å². The van der Waals surface area contributed by atoms with Crippen LogP contribution in [0, 0.1) is 0 Å². The second-order valence-corrected chi connectivity index (χ2v) is 5.54. The lowest BCUT2D eigenvalue weighted by Crippen LogP contribution is -2.45. The van der Waals surface area contributed by atoms with Crippen molar-refractivity contribution in [2.24, 2.45) is 5.73 Å². The Labute approximate surface area is 126 Å². The van der Waals surface area contributed by atoms with Gasteiger partial charge >= 0.3 is 6.03 Å². The minimum absolute atomic E-state index is 0.00718. The Morgan fingerprint density at radius 2 is 2.10 bits per heavy atom. The summed E-state index contributed by atoms with van der Waals surface area (Å²) in [7, 11) is 0. The zero-order valence-corrected chi connectivity index (χ0v) is 12.4. The van der Waals surface area contributed by atoms with Crippen molar-refractivity contribution < 1.29 is 9.90 Å². The molecule has 1 aliphatic carbocycles. The number of nitrogens with zero attached hydrogens (tertiary/aromatic N) is 1. The summed E-state index contributed by atoms with van der Waals surface area (Å²) in [4.78, 5) is 14.2. The van der Waals surface area contributed by atoms with Crippen molar-refractivity contribution in [3.05, 3.63) is 29.8 Å². The molecule has 4 N–H and O–H groups in total. The Kier molecular flexibility index (Phi) is 6.02. The summed E-state index contributed by atoms with van der Waals surface area (Å²) < 4.78 is 0. The van der Waals surface area contributed by atoms with Gasteiger partial charge in [-0.15, -0.1) is 0 Å². The number of aliphatic hydroxyl groups is 1. The first-order chi connectivity index (χ1) is 10.2. The molecule has 5 heteroatoms. The molecule has 1 aromatic rings. The molecule has 0 atom stereocenters. The minimum atomic E-state index is -0.134. The van der Waals surface area contributed by atoms with Crippen LogP contribution in [0.2, 0.25) is 0 Å². The van der Waals surface area contributed by atoms with Crippen LogP contribution in [0.4, 0.5) is 10.5 Å². The van der Waals surface area contributed by atoms with Crippen LogP contribution in [-0.4, -0.2) is 35.2 Å². The Balaban J connectivity index is 2.03. The van der Waals surface area contributed by atoms with E-state index in [0.29, 0.717) is 13.1 Å². The highest BCUT2D eigenvalue weighted by Gasteiger charge is 2.24. The summed E-state index contributed by atoms with van der Waals surface area (Å²) in [6, 6.07) is 7.66. The van der Waals surface area contributed by atoms with Gasteiger partial charge in [0.25, 0.3) is 0 Å². The average Bonchev–Trinajstić information content (AvgIpc) is 2.53. The highest BCUT2D eigenvalue weighted by atomic mass is 16.3. The van der Waals surface area contributed by atoms with Gasteiger partial charge in [-0.2, -0.15) is 0 Å². The third-order valence-electron chi connectivity index (χ3n) is 4.03. The van der Waals surface area contributed by atoms with Crippen molar-refractivity contribution >= 4 is 11.7 Å². The Hall–Kier alpha value is -1.59. The van der Waals surface area contributed by atoms with Gasteiger partial charge in [0.05, 0.1) is 6.61 Å². The molecule has 21 heavy (non-hydrogen) atoms. The fourth-order valence-electron chi connectivity index (χ4n) is 2.92. The number of urea groups is 1. The van der Waals surface area contributed by atoms with E-state index in [1.165, 1.54) is 6.42 Å². The van der Waals surface area contributed by atoms with E-state index in [0.717, 1.165) is 36.9 Å². The normalized spacial score (nSPS) is 15.7. The smallest absolute Gasteiger partial charge is 0.322 e. The first-order valence-corrected chi connectivity index (χ1v) is 7.72. The number of nitrogens with two attached hydrogens (primary N) is 1. The molecule has 5 nitrogen and oxygen atoms in total. The second-order valence-electron chi connectivity index (χ2n) is 5.54. The molecule has 1 aliphatic rings. The molecule has 0 unspecified atom stereocenters. The molecular formula is C16H25N3O2. The van der Waals surface area contributed by atoms with Gasteiger partial charge in [0, 0.05) is 24.8 Å². The molecule has 0 aliphatic heterocycles. The Morgan fingerprint density at radius 1 is 1.33 bits per heavy atom. The number of anilines is 1. The number of carbonyl (C=O) groups excluding carboxylic acids is 1. The molecule has 2 amide bonds. The molecule has 0 heterocycles. The molecule has 0 spiro atoms. The number of carbonyl (C=O) groups is 1. The second kappa shape index (κ2) is 8.00. The van der Waals surface area contributed by atoms with Gasteiger partial charge in [0.15, 0.2) is 0 Å². The topological polar surface area (TPSA) is 78.6 Å². The molecule has 2 rings (SSSR count). The van der Waals surface area contributed by atoms with E-state index in [4.69, 9.17) is 5.73 Å². The third kappa shape index (κ3) is 4.44. The van der Waals surface area contributed by atoms with E-state index in [2.05, 4.69) is 5.32 Å². The van der Waals surface area contributed by atoms with Crippen molar-refractivity contribution in [1.29, 1.82) is 0 Å². The lowest BCUT2D eigenvalue weighted by molar-refractivity contribution is 0.144. The summed E-state index contributed by atoms with van der Waals surface area (Å²) in [6.45, 7) is 0.826. The number of hydrogen-bond donors (Lipinski definition) is 3. The van der Waals surface area contributed by atoms with Gasteiger partial charge in [-0.3, -0.25) is 0 Å². The van der Waals surface area contributed by atoms with Crippen LogP contribution >= 0.6 is 0 Å². The van der Waals surface area contributed by atoms with Gasteiger partial charge in [-0.05, 0) is 30.5 Å². The van der Waals surface area contributed by atoms with Crippen LogP contribution in [-0.2, 0) is 6.54 Å². The first-order valence-electron chi connectivity index (χ1n) is 7.72. The van der Waals surface area contributed by atoms with Crippen molar-refractivity contribution in [1.82, 2.24) is 4.90 Å². The van der Waals surface area contributed by atoms with Gasteiger partial charge in [0.2, 0.25) is 0 Å². The molecule has 1 aromatic carbocycles. The maximum absolute atomic E-state index is 12.5. The zero-order chi connectivity index (χ0) is 15.1. The maximum atomic E-state index is 12.5. The molecule has 0 bridgehead atoms. The Bertz CT molecular complexity index is 459. The highest BCUT2D eigenvalue weighted by molar-refractivity contribution is 5.89. The fourth-order valence-corrected chi connectivity index (χ4v) is 2.92. The van der Waals surface area contributed by atoms with Crippen molar-refractivity contribution in [3.8, 4) is 0 Å². The van der Waals surface area contributed by atoms with Crippen LogP contribution in [0.3, 0.4) is 0 Å². The highest BCUT2D eigenvalue weighted by Crippen LogP contribution is 2.23. The number of amides is 2. The summed E-state index contributed by atoms with van der Waals surface area (Å²) in [6.07, 6.45) is 5.60. The predicted molar refractivity (Wildman–Crippen MR) is 84.0 cm³/mol. The van der Waals surface area contributed by atoms with Crippen molar-refractivity contribution in [2.45, 2.75) is 44.7 Å². The Morgan fingerprint density at radius 3 is 2.76 bits per heavy atom. The van der Waals surface area contributed by atoms with E-state index < -0.39 is 0 Å². The fraction of sp³-hybridized carbons (Fsp3) is 0.562. The predicted octanol–water partition coefficient (Wildman–Crippen LogP) is 2.30. The number of benzene rings is 1. The lowest BCUT2D eigenvalue weighted by Gasteiger charge is -2.34. The third-order valence-corrected chi connectivity index (χ3v) is 4.03. The van der Waals surface area contributed by atoms with E-state index in [1.807, 2.05) is 24.3 Å². The number of nitrogens with one attached hydrogen (secondary N) is 1. The molecule has 0 radical (unpaired) electrons. The molecule has 0 aromatic heterocycles. The molecular weight excluding hydrogens is 266 g/mol. The molecule has 1 fully saturated rings. The average molecular weight is 291 g/mol. The van der Waals surface area contributed by atoms with E-state index >= 15 is 0 Å². The molecule has 0 saturated heterocycles. The van der Waals surface area contributed by atoms with Crippen molar-refractivity contribution in [3.63, 3.8) is 0 Å². The van der Waals surface area contributed by atoms with Crippen LogP contribution in [0.1, 0.15) is 37.7 Å².